The SMILES string of the molecule is COC1CCN(C(=O)c2nn(C)cc2N)C1. The number of hydrogen-bond acceptors (Lipinski definition) is 4. The molecule has 1 aliphatic rings. The first-order valence-corrected chi connectivity index (χ1v) is 5.23. The van der Waals surface area contributed by atoms with Crippen LogP contribution in [-0.2, 0) is 11.8 Å². The molecule has 6 heteroatoms. The van der Waals surface area contributed by atoms with Gasteiger partial charge in [0.25, 0.3) is 5.91 Å². The molecule has 1 fully saturated rings. The van der Waals surface area contributed by atoms with Crippen molar-refractivity contribution in [2.24, 2.45) is 7.05 Å². The summed E-state index contributed by atoms with van der Waals surface area (Å²) in [4.78, 5) is 13.8. The van der Waals surface area contributed by atoms with Crippen molar-refractivity contribution < 1.29 is 9.53 Å². The Hall–Kier alpha value is -1.56. The number of rotatable bonds is 2. The van der Waals surface area contributed by atoms with Crippen molar-refractivity contribution in [3.63, 3.8) is 0 Å². The molecule has 1 aliphatic heterocycles. The number of nitrogens with two attached hydrogens (primary N) is 1. The van der Waals surface area contributed by atoms with Crippen LogP contribution in [-0.4, -0.2) is 46.9 Å². The van der Waals surface area contributed by atoms with Crippen LogP contribution in [0, 0.1) is 0 Å². The lowest BCUT2D eigenvalue weighted by molar-refractivity contribution is 0.0719. The number of carbonyl (C=O) groups is 1. The summed E-state index contributed by atoms with van der Waals surface area (Å²) in [7, 11) is 3.41. The molecule has 88 valence electrons. The normalized spacial score (nSPS) is 20.4. The number of ether oxygens (including phenoxy) is 1. The number of hydrogen-bond donors (Lipinski definition) is 1. The molecule has 0 bridgehead atoms. The second-order valence-electron chi connectivity index (χ2n) is 4.00. The van der Waals surface area contributed by atoms with Crippen LogP contribution in [0.1, 0.15) is 16.9 Å². The third-order valence-corrected chi connectivity index (χ3v) is 2.83. The summed E-state index contributed by atoms with van der Waals surface area (Å²) in [6.45, 7) is 1.32. The fraction of sp³-hybridized carbons (Fsp3) is 0.600. The zero-order chi connectivity index (χ0) is 11.7. The van der Waals surface area contributed by atoms with Crippen molar-refractivity contribution in [3.05, 3.63) is 11.9 Å². The number of methoxy groups -OCH3 is 1. The van der Waals surface area contributed by atoms with Gasteiger partial charge in [0, 0.05) is 33.4 Å². The van der Waals surface area contributed by atoms with Crippen molar-refractivity contribution in [2.75, 3.05) is 25.9 Å². The van der Waals surface area contributed by atoms with Crippen LogP contribution in [0.5, 0.6) is 0 Å². The lowest BCUT2D eigenvalue weighted by atomic mass is 10.3. The highest BCUT2D eigenvalue weighted by molar-refractivity contribution is 5.97. The molecular weight excluding hydrogens is 208 g/mol. The molecule has 0 saturated carbocycles. The van der Waals surface area contributed by atoms with E-state index in [1.807, 2.05) is 0 Å². The number of anilines is 1. The minimum absolute atomic E-state index is 0.113. The Labute approximate surface area is 94.0 Å². The molecule has 1 saturated heterocycles. The molecule has 0 radical (unpaired) electrons. The van der Waals surface area contributed by atoms with Gasteiger partial charge in [0.1, 0.15) is 0 Å². The van der Waals surface area contributed by atoms with E-state index >= 15 is 0 Å². The van der Waals surface area contributed by atoms with Gasteiger partial charge >= 0.3 is 0 Å². The van der Waals surface area contributed by atoms with Gasteiger partial charge in [0.2, 0.25) is 0 Å². The van der Waals surface area contributed by atoms with Gasteiger partial charge < -0.3 is 15.4 Å². The third-order valence-electron chi connectivity index (χ3n) is 2.83. The van der Waals surface area contributed by atoms with E-state index in [0.717, 1.165) is 6.42 Å². The first kappa shape index (κ1) is 10.9. The topological polar surface area (TPSA) is 73.4 Å². The van der Waals surface area contributed by atoms with Crippen molar-refractivity contribution in [1.82, 2.24) is 14.7 Å². The highest BCUT2D eigenvalue weighted by Crippen LogP contribution is 2.17. The predicted octanol–water partition coefficient (Wildman–Crippen LogP) is -0.137. The molecule has 2 rings (SSSR count). The minimum Gasteiger partial charge on any atom is -0.396 e. The first-order chi connectivity index (χ1) is 7.61. The molecule has 2 heterocycles. The number of nitrogens with zero attached hydrogens (tertiary/aromatic N) is 3. The second-order valence-corrected chi connectivity index (χ2v) is 4.00. The molecule has 1 atom stereocenters. The molecule has 0 aromatic carbocycles. The maximum Gasteiger partial charge on any atom is 0.276 e. The third kappa shape index (κ3) is 1.88. The summed E-state index contributed by atoms with van der Waals surface area (Å²) in [6, 6.07) is 0. The zero-order valence-corrected chi connectivity index (χ0v) is 9.51. The van der Waals surface area contributed by atoms with Crippen LogP contribution in [0.15, 0.2) is 6.20 Å². The Morgan fingerprint density at radius 3 is 2.94 bits per heavy atom. The first-order valence-electron chi connectivity index (χ1n) is 5.23. The maximum atomic E-state index is 12.1. The number of aromatic nitrogens is 2. The van der Waals surface area contributed by atoms with Gasteiger partial charge in [-0.25, -0.2) is 0 Å². The smallest absolute Gasteiger partial charge is 0.276 e. The quantitative estimate of drug-likeness (QED) is 0.759. The van der Waals surface area contributed by atoms with E-state index in [1.165, 1.54) is 0 Å². The van der Waals surface area contributed by atoms with Crippen LogP contribution in [0.4, 0.5) is 5.69 Å². The maximum absolute atomic E-state index is 12.1. The van der Waals surface area contributed by atoms with Gasteiger partial charge in [-0.05, 0) is 6.42 Å². The fourth-order valence-corrected chi connectivity index (χ4v) is 1.93. The van der Waals surface area contributed by atoms with Gasteiger partial charge in [-0.2, -0.15) is 5.10 Å². The monoisotopic (exact) mass is 224 g/mol. The number of carbonyl (C=O) groups excluding carboxylic acids is 1. The van der Waals surface area contributed by atoms with E-state index in [-0.39, 0.29) is 12.0 Å². The number of nitrogen functional groups attached to an aromatic ring is 1. The molecule has 2 N–H and O–H groups in total. The highest BCUT2D eigenvalue weighted by Gasteiger charge is 2.29. The van der Waals surface area contributed by atoms with Crippen molar-refractivity contribution >= 4 is 11.6 Å². The Balaban J connectivity index is 2.11. The van der Waals surface area contributed by atoms with E-state index in [9.17, 15) is 4.79 Å². The summed E-state index contributed by atoms with van der Waals surface area (Å²) in [5, 5.41) is 4.07. The number of aryl methyl sites for hydroxylation is 1. The van der Waals surface area contributed by atoms with Gasteiger partial charge in [-0.15, -0.1) is 0 Å². The summed E-state index contributed by atoms with van der Waals surface area (Å²) in [5.74, 6) is -0.113. The average Bonchev–Trinajstić information content (AvgIpc) is 2.84. The van der Waals surface area contributed by atoms with Crippen LogP contribution in [0.3, 0.4) is 0 Å². The molecular formula is C10H16N4O2. The lowest BCUT2D eigenvalue weighted by Crippen LogP contribution is -2.30. The molecule has 1 unspecified atom stereocenters. The van der Waals surface area contributed by atoms with Crippen molar-refractivity contribution in [2.45, 2.75) is 12.5 Å². The van der Waals surface area contributed by atoms with Gasteiger partial charge in [-0.1, -0.05) is 0 Å². The van der Waals surface area contributed by atoms with Crippen molar-refractivity contribution in [3.8, 4) is 0 Å². The highest BCUT2D eigenvalue weighted by atomic mass is 16.5. The lowest BCUT2D eigenvalue weighted by Gasteiger charge is -2.14. The van der Waals surface area contributed by atoms with Crippen LogP contribution in [0.2, 0.25) is 0 Å². The van der Waals surface area contributed by atoms with E-state index < -0.39 is 0 Å². The van der Waals surface area contributed by atoms with Crippen LogP contribution in [0.25, 0.3) is 0 Å². The molecule has 1 amide bonds. The van der Waals surface area contributed by atoms with Crippen molar-refractivity contribution in [1.29, 1.82) is 0 Å². The van der Waals surface area contributed by atoms with E-state index in [1.54, 1.807) is 29.9 Å². The van der Waals surface area contributed by atoms with Gasteiger partial charge in [0.15, 0.2) is 5.69 Å². The largest absolute Gasteiger partial charge is 0.396 e. The molecule has 1 aromatic heterocycles. The van der Waals surface area contributed by atoms with E-state index in [0.29, 0.717) is 24.5 Å². The minimum atomic E-state index is -0.113. The molecule has 16 heavy (non-hydrogen) atoms. The average molecular weight is 224 g/mol. The Kier molecular flexibility index (Phi) is 2.82. The summed E-state index contributed by atoms with van der Waals surface area (Å²) < 4.78 is 6.76. The zero-order valence-electron chi connectivity index (χ0n) is 9.51. The predicted molar refractivity (Wildman–Crippen MR) is 58.9 cm³/mol. The molecule has 0 spiro atoms. The second kappa shape index (κ2) is 4.13. The summed E-state index contributed by atoms with van der Waals surface area (Å²) in [6.07, 6.45) is 2.64. The fourth-order valence-electron chi connectivity index (χ4n) is 1.93. The Bertz CT molecular complexity index is 402. The van der Waals surface area contributed by atoms with E-state index in [4.69, 9.17) is 10.5 Å². The molecule has 1 aromatic rings. The molecule has 6 nitrogen and oxygen atoms in total. The van der Waals surface area contributed by atoms with Crippen LogP contribution >= 0.6 is 0 Å². The van der Waals surface area contributed by atoms with Gasteiger partial charge in [0.05, 0.1) is 11.8 Å². The standard InChI is InChI=1S/C10H16N4O2/c1-13-6-8(11)9(12-13)10(15)14-4-3-7(5-14)16-2/h6-7H,3-5,11H2,1-2H3. The van der Waals surface area contributed by atoms with Gasteiger partial charge in [-0.3, -0.25) is 9.48 Å². The van der Waals surface area contributed by atoms with Crippen LogP contribution < -0.4 is 5.73 Å². The number of amides is 1. The Morgan fingerprint density at radius 2 is 2.44 bits per heavy atom. The van der Waals surface area contributed by atoms with E-state index in [2.05, 4.69) is 5.10 Å². The Morgan fingerprint density at radius 1 is 1.69 bits per heavy atom. The summed E-state index contributed by atoms with van der Waals surface area (Å²) >= 11 is 0. The summed E-state index contributed by atoms with van der Waals surface area (Å²) in [5.41, 5.74) is 6.47. The number of likely N-dealkylation sites (tertiary alicyclic amines) is 1. The molecule has 0 aliphatic carbocycles.